The van der Waals surface area contributed by atoms with Crippen LogP contribution >= 0.6 is 0 Å². The van der Waals surface area contributed by atoms with Crippen molar-refractivity contribution in [3.63, 3.8) is 0 Å². The topological polar surface area (TPSA) is 30.9 Å². The molecule has 0 spiro atoms. The van der Waals surface area contributed by atoms with Crippen LogP contribution in [0.5, 0.6) is 0 Å². The van der Waals surface area contributed by atoms with Crippen molar-refractivity contribution >= 4 is 18.5 Å². The van der Waals surface area contributed by atoms with Gasteiger partial charge in [-0.2, -0.15) is 0 Å². The van der Waals surface area contributed by atoms with E-state index in [1.807, 2.05) is 14.2 Å². The van der Waals surface area contributed by atoms with E-state index in [9.17, 15) is 0 Å². The first-order valence-corrected chi connectivity index (χ1v) is 14.2. The molecule has 0 unspecified atom stereocenters. The van der Waals surface area contributed by atoms with E-state index >= 15 is 0 Å². The minimum Gasteiger partial charge on any atom is -0.407 e. The highest BCUT2D eigenvalue weighted by Crippen LogP contribution is 2.28. The van der Waals surface area contributed by atoms with Gasteiger partial charge in [0.1, 0.15) is 0 Å². The molecule has 6 heteroatoms. The Bertz CT molecular complexity index is 673. The van der Waals surface area contributed by atoms with Gasteiger partial charge < -0.3 is 13.3 Å². The molecule has 1 aliphatic heterocycles. The molecular formula is C24H35NO3Si2. The summed E-state index contributed by atoms with van der Waals surface area (Å²) in [6, 6.07) is 23.3. The van der Waals surface area contributed by atoms with Crippen molar-refractivity contribution in [2.75, 3.05) is 27.3 Å². The van der Waals surface area contributed by atoms with Gasteiger partial charge in [-0.3, -0.25) is 4.57 Å². The molecule has 0 N–H and O–H groups in total. The first-order chi connectivity index (χ1) is 14.8. The van der Waals surface area contributed by atoms with Gasteiger partial charge in [0.2, 0.25) is 9.76 Å². The zero-order chi connectivity index (χ0) is 21.1. The van der Waals surface area contributed by atoms with Crippen molar-refractivity contribution in [2.24, 2.45) is 0 Å². The Morgan fingerprint density at radius 2 is 1.47 bits per heavy atom. The molecule has 1 fully saturated rings. The van der Waals surface area contributed by atoms with Crippen LogP contribution in [0.1, 0.15) is 49.3 Å². The summed E-state index contributed by atoms with van der Waals surface area (Å²) in [5.74, 6) is 0. The SMILES string of the molecule is CO[Si]1(OC)CCCN1CCCCCC[Si]OC(c1ccccc1)c1ccccc1. The quantitative estimate of drug-likeness (QED) is 0.311. The molecule has 2 aromatic rings. The van der Waals surface area contributed by atoms with Gasteiger partial charge in [0.05, 0.1) is 6.10 Å². The summed E-state index contributed by atoms with van der Waals surface area (Å²) in [7, 11) is 2.10. The molecule has 0 aromatic heterocycles. The van der Waals surface area contributed by atoms with Crippen molar-refractivity contribution in [3.8, 4) is 0 Å². The van der Waals surface area contributed by atoms with Crippen molar-refractivity contribution < 1.29 is 13.3 Å². The zero-order valence-corrected chi connectivity index (χ0v) is 20.4. The van der Waals surface area contributed by atoms with E-state index in [1.165, 1.54) is 43.2 Å². The lowest BCUT2D eigenvalue weighted by atomic mass is 10.0. The van der Waals surface area contributed by atoms with Gasteiger partial charge in [-0.15, -0.1) is 0 Å². The fraction of sp³-hybridized carbons (Fsp3) is 0.500. The predicted octanol–water partition coefficient (Wildman–Crippen LogP) is 5.33. The third-order valence-corrected chi connectivity index (χ3v) is 10.5. The zero-order valence-electron chi connectivity index (χ0n) is 18.4. The minimum absolute atomic E-state index is 0.0297. The van der Waals surface area contributed by atoms with E-state index in [0.29, 0.717) is 9.76 Å². The van der Waals surface area contributed by atoms with Crippen molar-refractivity contribution in [1.82, 2.24) is 4.57 Å². The molecule has 0 aliphatic carbocycles. The maximum absolute atomic E-state index is 6.35. The Kier molecular flexibility index (Phi) is 9.77. The first-order valence-electron chi connectivity index (χ1n) is 11.1. The van der Waals surface area contributed by atoms with Gasteiger partial charge in [-0.05, 0) is 43.1 Å². The predicted molar refractivity (Wildman–Crippen MR) is 126 cm³/mol. The van der Waals surface area contributed by atoms with Crippen LogP contribution in [0.25, 0.3) is 0 Å². The van der Waals surface area contributed by atoms with Crippen molar-refractivity contribution in [2.45, 2.75) is 50.3 Å². The molecule has 0 atom stereocenters. The largest absolute Gasteiger partial charge is 0.427 e. The van der Waals surface area contributed by atoms with E-state index in [2.05, 4.69) is 65.2 Å². The number of hydrogen-bond donors (Lipinski definition) is 0. The first kappa shape index (κ1) is 23.4. The molecule has 162 valence electrons. The smallest absolute Gasteiger partial charge is 0.407 e. The molecule has 1 aliphatic rings. The Hall–Kier alpha value is -1.29. The summed E-state index contributed by atoms with van der Waals surface area (Å²) in [6.45, 7) is 2.24. The molecule has 2 aromatic carbocycles. The highest BCUT2D eigenvalue weighted by atomic mass is 28.4. The van der Waals surface area contributed by atoms with Crippen LogP contribution in [0.15, 0.2) is 60.7 Å². The summed E-state index contributed by atoms with van der Waals surface area (Å²) < 4.78 is 20.4. The second-order valence-electron chi connectivity index (χ2n) is 7.84. The average Bonchev–Trinajstić information content (AvgIpc) is 3.22. The summed E-state index contributed by atoms with van der Waals surface area (Å²) >= 11 is 0. The molecule has 0 amide bonds. The third kappa shape index (κ3) is 6.36. The summed E-state index contributed by atoms with van der Waals surface area (Å²) in [5, 5.41) is 0. The Morgan fingerprint density at radius 3 is 2.07 bits per heavy atom. The minimum atomic E-state index is -2.05. The highest BCUT2D eigenvalue weighted by Gasteiger charge is 2.46. The Balaban J connectivity index is 1.35. The van der Waals surface area contributed by atoms with Gasteiger partial charge >= 0.3 is 8.72 Å². The summed E-state index contributed by atoms with van der Waals surface area (Å²) in [4.78, 5) is 0. The molecule has 1 heterocycles. The highest BCUT2D eigenvalue weighted by molar-refractivity contribution is 6.65. The monoisotopic (exact) mass is 441 g/mol. The lowest BCUT2D eigenvalue weighted by Gasteiger charge is -2.31. The number of benzene rings is 2. The fourth-order valence-corrected chi connectivity index (χ4v) is 8.19. The molecular weight excluding hydrogens is 406 g/mol. The number of nitrogens with zero attached hydrogens (tertiary/aromatic N) is 1. The van der Waals surface area contributed by atoms with Crippen LogP contribution < -0.4 is 0 Å². The van der Waals surface area contributed by atoms with E-state index in [4.69, 9.17) is 13.3 Å². The van der Waals surface area contributed by atoms with Gasteiger partial charge in [-0.1, -0.05) is 79.9 Å². The maximum Gasteiger partial charge on any atom is 0.427 e. The van der Waals surface area contributed by atoms with Crippen LogP contribution in [0.2, 0.25) is 12.1 Å². The van der Waals surface area contributed by atoms with E-state index in [0.717, 1.165) is 25.2 Å². The Morgan fingerprint density at radius 1 is 0.867 bits per heavy atom. The molecule has 4 nitrogen and oxygen atoms in total. The molecule has 0 bridgehead atoms. The van der Waals surface area contributed by atoms with Gasteiger partial charge in [0.25, 0.3) is 0 Å². The van der Waals surface area contributed by atoms with E-state index in [-0.39, 0.29) is 6.10 Å². The van der Waals surface area contributed by atoms with Gasteiger partial charge in [-0.25, -0.2) is 0 Å². The standard InChI is InChI=1S/C24H35NO3Si2/c1-26-30(27-2)21-13-19-25(30)18-11-3-4-12-20-29-28-24(22-14-7-5-8-15-22)23-16-9-6-10-17-23/h5-10,14-17,24H,3-4,11-13,18-21H2,1-2H3. The van der Waals surface area contributed by atoms with Crippen LogP contribution in [-0.4, -0.2) is 50.4 Å². The number of rotatable bonds is 13. The Labute approximate surface area is 185 Å². The molecule has 0 saturated carbocycles. The molecule has 3 rings (SSSR count). The average molecular weight is 442 g/mol. The number of unbranched alkanes of at least 4 members (excludes halogenated alkanes) is 3. The van der Waals surface area contributed by atoms with Crippen LogP contribution in [0, 0.1) is 0 Å². The lowest BCUT2D eigenvalue weighted by molar-refractivity contribution is 0.181. The normalized spacial score (nSPS) is 16.4. The second-order valence-corrected chi connectivity index (χ2v) is 12.2. The lowest BCUT2D eigenvalue weighted by Crippen LogP contribution is -2.53. The van der Waals surface area contributed by atoms with E-state index in [1.54, 1.807) is 0 Å². The second kappa shape index (κ2) is 12.5. The van der Waals surface area contributed by atoms with Crippen molar-refractivity contribution in [1.29, 1.82) is 0 Å². The molecule has 2 radical (unpaired) electrons. The van der Waals surface area contributed by atoms with Crippen LogP contribution in [-0.2, 0) is 13.3 Å². The van der Waals surface area contributed by atoms with Gasteiger partial charge in [0.15, 0.2) is 0 Å². The van der Waals surface area contributed by atoms with Crippen molar-refractivity contribution in [3.05, 3.63) is 71.8 Å². The van der Waals surface area contributed by atoms with E-state index < -0.39 is 8.72 Å². The fourth-order valence-electron chi connectivity index (χ4n) is 4.23. The summed E-state index contributed by atoms with van der Waals surface area (Å²) in [6.07, 6.45) is 6.21. The molecule has 30 heavy (non-hydrogen) atoms. The van der Waals surface area contributed by atoms with Gasteiger partial charge in [0, 0.05) is 20.3 Å². The number of hydrogen-bond acceptors (Lipinski definition) is 4. The van der Waals surface area contributed by atoms with Crippen LogP contribution in [0.3, 0.4) is 0 Å². The third-order valence-electron chi connectivity index (χ3n) is 5.90. The molecule has 1 saturated heterocycles. The summed E-state index contributed by atoms with van der Waals surface area (Å²) in [5.41, 5.74) is 2.46. The van der Waals surface area contributed by atoms with Crippen LogP contribution in [0.4, 0.5) is 0 Å². The maximum atomic E-state index is 6.35.